The maximum Gasteiger partial charge on any atom is 0.227 e. The highest BCUT2D eigenvalue weighted by Gasteiger charge is 2.27. The van der Waals surface area contributed by atoms with Gasteiger partial charge in [-0.05, 0) is 30.7 Å². The Labute approximate surface area is 148 Å². The lowest BCUT2D eigenvalue weighted by molar-refractivity contribution is -0.137. The molecule has 2 heterocycles. The molecule has 1 aliphatic rings. The number of halogens is 1. The molecule has 1 saturated heterocycles. The van der Waals surface area contributed by atoms with Crippen LogP contribution in [0.3, 0.4) is 0 Å². The lowest BCUT2D eigenvalue weighted by atomic mass is 9.90. The summed E-state index contributed by atoms with van der Waals surface area (Å²) >= 11 is 5.89. The zero-order valence-corrected chi connectivity index (χ0v) is 14.8. The van der Waals surface area contributed by atoms with Crippen LogP contribution >= 0.6 is 11.6 Å². The molecule has 1 fully saturated rings. The van der Waals surface area contributed by atoms with E-state index >= 15 is 0 Å². The number of aromatic nitrogens is 2. The average Bonchev–Trinajstić information content (AvgIpc) is 3.00. The van der Waals surface area contributed by atoms with Crippen molar-refractivity contribution in [3.63, 3.8) is 0 Å². The highest BCUT2D eigenvalue weighted by Crippen LogP contribution is 2.22. The van der Waals surface area contributed by atoms with Gasteiger partial charge in [-0.2, -0.15) is 5.10 Å². The molecule has 0 spiro atoms. The smallest absolute Gasteiger partial charge is 0.227 e. The molecule has 4 nitrogen and oxygen atoms in total. The van der Waals surface area contributed by atoms with Crippen LogP contribution in [0.5, 0.6) is 0 Å². The van der Waals surface area contributed by atoms with Crippen molar-refractivity contribution in [2.45, 2.75) is 32.7 Å². The first kappa shape index (κ1) is 17.0. The molecule has 5 heteroatoms. The summed E-state index contributed by atoms with van der Waals surface area (Å²) < 4.78 is 1.75. The van der Waals surface area contributed by atoms with Crippen LogP contribution in [0.15, 0.2) is 42.7 Å². The molecule has 2 atom stereocenters. The number of carbonyl (C=O) groups excluding carboxylic acids is 1. The fraction of sp³-hybridized carbons (Fsp3) is 0.474. The van der Waals surface area contributed by atoms with Crippen molar-refractivity contribution in [2.24, 2.45) is 11.8 Å². The van der Waals surface area contributed by atoms with Crippen LogP contribution in [-0.4, -0.2) is 33.7 Å². The molecule has 0 saturated carbocycles. The van der Waals surface area contributed by atoms with Gasteiger partial charge in [-0.25, -0.2) is 0 Å². The number of nitrogens with zero attached hydrogens (tertiary/aromatic N) is 3. The van der Waals surface area contributed by atoms with Gasteiger partial charge in [0.05, 0.1) is 23.7 Å². The molecule has 3 rings (SSSR count). The molecule has 2 aromatic rings. The van der Waals surface area contributed by atoms with Crippen LogP contribution in [-0.2, 0) is 17.8 Å². The van der Waals surface area contributed by atoms with E-state index in [-0.39, 0.29) is 11.8 Å². The molecule has 0 unspecified atom stereocenters. The quantitative estimate of drug-likeness (QED) is 0.829. The summed E-state index contributed by atoms with van der Waals surface area (Å²) in [5, 5.41) is 4.78. The van der Waals surface area contributed by atoms with Crippen LogP contribution < -0.4 is 0 Å². The van der Waals surface area contributed by atoms with E-state index in [2.05, 4.69) is 29.4 Å². The predicted octanol–water partition coefficient (Wildman–Crippen LogP) is 3.65. The van der Waals surface area contributed by atoms with Crippen molar-refractivity contribution in [3.8, 4) is 0 Å². The molecule has 0 aliphatic carbocycles. The van der Waals surface area contributed by atoms with E-state index in [9.17, 15) is 4.79 Å². The summed E-state index contributed by atoms with van der Waals surface area (Å²) in [6.07, 6.45) is 6.70. The molecule has 1 aromatic carbocycles. The molecular weight excluding hydrogens is 322 g/mol. The van der Waals surface area contributed by atoms with Gasteiger partial charge in [0.2, 0.25) is 5.91 Å². The predicted molar refractivity (Wildman–Crippen MR) is 95.9 cm³/mol. The largest absolute Gasteiger partial charge is 0.342 e. The minimum Gasteiger partial charge on any atom is -0.342 e. The Morgan fingerprint density at radius 1 is 1.38 bits per heavy atom. The Morgan fingerprint density at radius 2 is 2.17 bits per heavy atom. The monoisotopic (exact) mass is 345 g/mol. The van der Waals surface area contributed by atoms with Gasteiger partial charge < -0.3 is 4.90 Å². The van der Waals surface area contributed by atoms with E-state index in [1.807, 2.05) is 17.9 Å². The topological polar surface area (TPSA) is 38.1 Å². The fourth-order valence-corrected chi connectivity index (χ4v) is 3.64. The zero-order valence-electron chi connectivity index (χ0n) is 14.1. The van der Waals surface area contributed by atoms with Gasteiger partial charge in [0.15, 0.2) is 0 Å². The Balaban J connectivity index is 1.56. The number of rotatable bonds is 5. The first-order valence-electron chi connectivity index (χ1n) is 8.62. The highest BCUT2D eigenvalue weighted by molar-refractivity contribution is 6.30. The number of hydrogen-bond acceptors (Lipinski definition) is 2. The summed E-state index contributed by atoms with van der Waals surface area (Å²) in [4.78, 5) is 14.8. The van der Waals surface area contributed by atoms with Crippen LogP contribution in [0.25, 0.3) is 0 Å². The standard InChI is InChI=1S/C19H24ClN3O/c1-15(12-23-14-18(20)11-21-23)19(24)22-9-5-8-17(13-22)10-16-6-3-2-4-7-16/h2-4,6-7,11,14-15,17H,5,8-10,12-13H2,1H3/t15-,17+/m0/s1. The average molecular weight is 346 g/mol. The van der Waals surface area contributed by atoms with Gasteiger partial charge in [0.1, 0.15) is 0 Å². The molecule has 1 amide bonds. The summed E-state index contributed by atoms with van der Waals surface area (Å²) in [5.41, 5.74) is 1.36. The van der Waals surface area contributed by atoms with Crippen molar-refractivity contribution in [2.75, 3.05) is 13.1 Å². The van der Waals surface area contributed by atoms with E-state index < -0.39 is 0 Å². The molecule has 24 heavy (non-hydrogen) atoms. The van der Waals surface area contributed by atoms with Crippen LogP contribution in [0.4, 0.5) is 0 Å². The Hall–Kier alpha value is -1.81. The first-order valence-corrected chi connectivity index (χ1v) is 9.00. The molecule has 0 bridgehead atoms. The van der Waals surface area contributed by atoms with E-state index in [0.717, 1.165) is 25.9 Å². The Bertz CT molecular complexity index is 670. The van der Waals surface area contributed by atoms with Crippen molar-refractivity contribution in [1.29, 1.82) is 0 Å². The van der Waals surface area contributed by atoms with Crippen molar-refractivity contribution in [1.82, 2.24) is 14.7 Å². The minimum absolute atomic E-state index is 0.0866. The van der Waals surface area contributed by atoms with E-state index in [0.29, 0.717) is 17.5 Å². The normalized spacial score (nSPS) is 19.2. The minimum atomic E-state index is -0.0866. The number of carbonyl (C=O) groups is 1. The SMILES string of the molecule is C[C@@H](Cn1cc(Cl)cn1)C(=O)N1CCC[C@H](Cc2ccccc2)C1. The van der Waals surface area contributed by atoms with Crippen molar-refractivity contribution in [3.05, 3.63) is 53.3 Å². The molecule has 1 aromatic heterocycles. The summed E-state index contributed by atoms with van der Waals surface area (Å²) in [5.74, 6) is 0.687. The van der Waals surface area contributed by atoms with E-state index in [1.165, 1.54) is 12.0 Å². The summed E-state index contributed by atoms with van der Waals surface area (Å²) in [6.45, 7) is 4.27. The highest BCUT2D eigenvalue weighted by atomic mass is 35.5. The van der Waals surface area contributed by atoms with Gasteiger partial charge >= 0.3 is 0 Å². The number of piperidine rings is 1. The van der Waals surface area contributed by atoms with Crippen molar-refractivity contribution < 1.29 is 4.79 Å². The molecular formula is C19H24ClN3O. The van der Waals surface area contributed by atoms with Gasteiger partial charge in [-0.15, -0.1) is 0 Å². The number of hydrogen-bond donors (Lipinski definition) is 0. The Morgan fingerprint density at radius 3 is 2.88 bits per heavy atom. The zero-order chi connectivity index (χ0) is 16.9. The third-order valence-corrected chi connectivity index (χ3v) is 4.88. The third kappa shape index (κ3) is 4.38. The second-order valence-electron chi connectivity index (χ2n) is 6.76. The molecule has 1 aliphatic heterocycles. The van der Waals surface area contributed by atoms with Gasteiger partial charge in [0.25, 0.3) is 0 Å². The number of benzene rings is 1. The second kappa shape index (κ2) is 7.84. The number of amides is 1. The van der Waals surface area contributed by atoms with Crippen LogP contribution in [0.1, 0.15) is 25.3 Å². The second-order valence-corrected chi connectivity index (χ2v) is 7.20. The summed E-state index contributed by atoms with van der Waals surface area (Å²) in [7, 11) is 0. The fourth-order valence-electron chi connectivity index (χ4n) is 3.49. The third-order valence-electron chi connectivity index (χ3n) is 4.68. The maximum atomic E-state index is 12.8. The first-order chi connectivity index (χ1) is 11.6. The molecule has 0 N–H and O–H groups in total. The molecule has 128 valence electrons. The Kier molecular flexibility index (Phi) is 5.56. The lowest BCUT2D eigenvalue weighted by Crippen LogP contribution is -2.43. The van der Waals surface area contributed by atoms with Crippen molar-refractivity contribution >= 4 is 17.5 Å². The van der Waals surface area contributed by atoms with Crippen LogP contribution in [0.2, 0.25) is 5.02 Å². The van der Waals surface area contributed by atoms with Gasteiger partial charge in [-0.1, -0.05) is 48.9 Å². The van der Waals surface area contributed by atoms with Crippen LogP contribution in [0, 0.1) is 11.8 Å². The van der Waals surface area contributed by atoms with Gasteiger partial charge in [-0.3, -0.25) is 9.48 Å². The number of likely N-dealkylation sites (tertiary alicyclic amines) is 1. The van der Waals surface area contributed by atoms with E-state index in [1.54, 1.807) is 17.1 Å². The maximum absolute atomic E-state index is 12.8. The summed E-state index contributed by atoms with van der Waals surface area (Å²) in [6, 6.07) is 10.6. The lowest BCUT2D eigenvalue weighted by Gasteiger charge is -2.34. The molecule has 0 radical (unpaired) electrons. The van der Waals surface area contributed by atoms with E-state index in [4.69, 9.17) is 11.6 Å². The van der Waals surface area contributed by atoms with Gasteiger partial charge in [0, 0.05) is 19.3 Å².